The van der Waals surface area contributed by atoms with Gasteiger partial charge in [-0.3, -0.25) is 9.79 Å². The van der Waals surface area contributed by atoms with Crippen LogP contribution >= 0.6 is 0 Å². The number of carbonyl (C=O) groups is 1. The number of fused-ring (bicyclic) bond motifs is 1. The number of aliphatic carboxylic acids is 1. The van der Waals surface area contributed by atoms with Gasteiger partial charge in [-0.25, -0.2) is 4.39 Å². The predicted octanol–water partition coefficient (Wildman–Crippen LogP) is 5.84. The van der Waals surface area contributed by atoms with Crippen LogP contribution in [0.5, 0.6) is 0 Å². The first-order valence-electron chi connectivity index (χ1n) is 10.8. The Morgan fingerprint density at radius 1 is 1.19 bits per heavy atom. The minimum atomic E-state index is -0.833. The van der Waals surface area contributed by atoms with Crippen LogP contribution in [0.2, 0.25) is 0 Å². The molecule has 1 fully saturated rings. The fraction of sp³-hybridized carbons (Fsp3) is 0.269. The number of halogens is 1. The summed E-state index contributed by atoms with van der Waals surface area (Å²) in [6.07, 6.45) is 8.57. The number of carboxylic acids is 1. The first kappa shape index (κ1) is 22.0. The van der Waals surface area contributed by atoms with Crippen LogP contribution in [0.3, 0.4) is 0 Å². The summed E-state index contributed by atoms with van der Waals surface area (Å²) in [4.78, 5) is 17.2. The van der Waals surface area contributed by atoms with Crippen LogP contribution in [0.25, 0.3) is 22.0 Å². The molecule has 0 amide bonds. The zero-order valence-corrected chi connectivity index (χ0v) is 18.3. The molecule has 2 aromatic carbocycles. The second-order valence-electron chi connectivity index (χ2n) is 8.22. The maximum atomic E-state index is 13.5. The largest absolute Gasteiger partial charge is 0.481 e. The average Bonchev–Trinajstić information content (AvgIpc) is 3.52. The second kappa shape index (κ2) is 9.49. The lowest BCUT2D eigenvalue weighted by atomic mass is 9.91. The Labute approximate surface area is 188 Å². The molecule has 5 nitrogen and oxygen atoms in total. The second-order valence-corrected chi connectivity index (χ2v) is 8.22. The molecule has 0 atom stereocenters. The van der Waals surface area contributed by atoms with Crippen molar-refractivity contribution in [3.63, 3.8) is 0 Å². The fourth-order valence-corrected chi connectivity index (χ4v) is 4.11. The van der Waals surface area contributed by atoms with Gasteiger partial charge in [0, 0.05) is 49.1 Å². The Morgan fingerprint density at radius 3 is 2.56 bits per heavy atom. The molecule has 2 aliphatic rings. The van der Waals surface area contributed by atoms with E-state index in [9.17, 15) is 4.39 Å². The lowest BCUT2D eigenvalue weighted by Gasteiger charge is -2.23. The number of nitrogens with zero attached hydrogens (tertiary/aromatic N) is 1. The van der Waals surface area contributed by atoms with Crippen molar-refractivity contribution in [1.82, 2.24) is 10.3 Å². The van der Waals surface area contributed by atoms with Gasteiger partial charge >= 0.3 is 0 Å². The molecular weight excluding hydrogens is 405 g/mol. The van der Waals surface area contributed by atoms with E-state index < -0.39 is 5.97 Å². The SMILES string of the molecule is CC(=O)O.Cc1cc(-c2c[nH]c3cc(F)ccc23)ccc1N=C(C1=C[CH]1)C1CCNCC1.[HH]. The maximum absolute atomic E-state index is 13.5. The number of allylic oxidation sites excluding steroid dienone is 2. The van der Waals surface area contributed by atoms with Crippen molar-refractivity contribution in [2.75, 3.05) is 13.1 Å². The smallest absolute Gasteiger partial charge is 0.300 e. The van der Waals surface area contributed by atoms with Crippen molar-refractivity contribution in [1.29, 1.82) is 0 Å². The predicted molar refractivity (Wildman–Crippen MR) is 129 cm³/mol. The Kier molecular flexibility index (Phi) is 6.51. The van der Waals surface area contributed by atoms with Gasteiger partial charge in [0.25, 0.3) is 5.97 Å². The molecule has 1 saturated heterocycles. The van der Waals surface area contributed by atoms with Gasteiger partial charge in [0.05, 0.1) is 5.69 Å². The zero-order valence-electron chi connectivity index (χ0n) is 18.3. The number of carboxylic acid groups (broad SMARTS) is 1. The van der Waals surface area contributed by atoms with Gasteiger partial charge in [-0.05, 0) is 79.9 Å². The maximum Gasteiger partial charge on any atom is 0.300 e. The molecule has 0 unspecified atom stereocenters. The van der Waals surface area contributed by atoms with Gasteiger partial charge in [-0.2, -0.15) is 0 Å². The van der Waals surface area contributed by atoms with Crippen molar-refractivity contribution in [2.45, 2.75) is 26.7 Å². The number of aryl methyl sites for hydroxylation is 1. The number of benzene rings is 2. The number of hydrogen-bond acceptors (Lipinski definition) is 3. The number of aromatic nitrogens is 1. The summed E-state index contributed by atoms with van der Waals surface area (Å²) in [5, 5.41) is 11.9. The number of nitrogens with one attached hydrogen (secondary N) is 2. The van der Waals surface area contributed by atoms with E-state index in [-0.39, 0.29) is 7.24 Å². The minimum absolute atomic E-state index is 0. The molecule has 0 bridgehead atoms. The lowest BCUT2D eigenvalue weighted by Crippen LogP contribution is -2.31. The van der Waals surface area contributed by atoms with Crippen molar-refractivity contribution in [2.24, 2.45) is 10.9 Å². The van der Waals surface area contributed by atoms with Crippen molar-refractivity contribution >= 4 is 28.3 Å². The highest BCUT2D eigenvalue weighted by Crippen LogP contribution is 2.34. The molecule has 3 aromatic rings. The van der Waals surface area contributed by atoms with Gasteiger partial charge in [-0.1, -0.05) is 12.1 Å². The quantitative estimate of drug-likeness (QED) is 0.452. The summed E-state index contributed by atoms with van der Waals surface area (Å²) in [7, 11) is 0. The number of piperidine rings is 1. The van der Waals surface area contributed by atoms with Crippen molar-refractivity contribution < 1.29 is 15.7 Å². The van der Waals surface area contributed by atoms with Crippen molar-refractivity contribution in [3.05, 3.63) is 72.0 Å². The molecular formula is C26H29FN3O2. The molecule has 0 spiro atoms. The van der Waals surface area contributed by atoms with Crippen LogP contribution in [0.4, 0.5) is 10.1 Å². The van der Waals surface area contributed by atoms with E-state index >= 15 is 0 Å². The summed E-state index contributed by atoms with van der Waals surface area (Å²) in [6, 6.07) is 11.3. The zero-order chi connectivity index (χ0) is 22.7. The third kappa shape index (κ3) is 5.14. The normalized spacial score (nSPS) is 16.3. The van der Waals surface area contributed by atoms with Crippen LogP contribution in [0.15, 0.2) is 59.2 Å². The molecule has 32 heavy (non-hydrogen) atoms. The Morgan fingerprint density at radius 2 is 1.91 bits per heavy atom. The van der Waals surface area contributed by atoms with Gasteiger partial charge < -0.3 is 15.4 Å². The van der Waals surface area contributed by atoms with Gasteiger partial charge in [0.15, 0.2) is 0 Å². The Balaban J connectivity index is 0.000000569. The highest BCUT2D eigenvalue weighted by atomic mass is 19.1. The molecule has 1 aliphatic heterocycles. The van der Waals surface area contributed by atoms with E-state index in [1.54, 1.807) is 0 Å². The average molecular weight is 435 g/mol. The monoisotopic (exact) mass is 434 g/mol. The molecule has 3 N–H and O–H groups in total. The van der Waals surface area contributed by atoms with Gasteiger partial charge in [0.2, 0.25) is 0 Å². The van der Waals surface area contributed by atoms with E-state index in [2.05, 4.69) is 47.9 Å². The summed E-state index contributed by atoms with van der Waals surface area (Å²) in [5.41, 5.74) is 7.75. The standard InChI is InChI=1S/C24H23FN3.C2H4O2.H2/c1-15-12-18(21-14-27-23-13-19(25)5-6-20(21)23)4-7-22(15)28-24(16-2-3-16)17-8-10-26-11-9-17;1-2(3)4;/h2-7,12-14,17,26-27H,8-11H2,1H3;1H3,(H,3,4);1H. The molecule has 0 saturated carbocycles. The molecule has 1 radical (unpaired) electrons. The van der Waals surface area contributed by atoms with Gasteiger partial charge in [0.1, 0.15) is 5.82 Å². The topological polar surface area (TPSA) is 77.5 Å². The number of H-pyrrole nitrogens is 1. The van der Waals surface area contributed by atoms with Crippen LogP contribution in [0, 0.1) is 25.1 Å². The first-order valence-corrected chi connectivity index (χ1v) is 10.8. The van der Waals surface area contributed by atoms with E-state index in [0.717, 1.165) is 66.1 Å². The molecule has 2 heterocycles. The van der Waals surface area contributed by atoms with E-state index in [1.165, 1.54) is 23.4 Å². The summed E-state index contributed by atoms with van der Waals surface area (Å²) >= 11 is 0. The third-order valence-corrected chi connectivity index (χ3v) is 5.75. The molecule has 6 heteroatoms. The molecule has 5 rings (SSSR count). The van der Waals surface area contributed by atoms with Crippen LogP contribution in [-0.4, -0.2) is 34.9 Å². The van der Waals surface area contributed by atoms with Crippen LogP contribution in [0.1, 0.15) is 26.8 Å². The van der Waals surface area contributed by atoms with Crippen LogP contribution < -0.4 is 5.32 Å². The molecule has 167 valence electrons. The van der Waals surface area contributed by atoms with E-state index in [1.807, 2.05) is 12.3 Å². The third-order valence-electron chi connectivity index (χ3n) is 5.75. The van der Waals surface area contributed by atoms with E-state index in [4.69, 9.17) is 14.9 Å². The minimum Gasteiger partial charge on any atom is -0.481 e. The number of hydrogen-bond donors (Lipinski definition) is 3. The highest BCUT2D eigenvalue weighted by molar-refractivity contribution is 6.09. The number of aromatic amines is 1. The fourth-order valence-electron chi connectivity index (χ4n) is 4.11. The van der Waals surface area contributed by atoms with Crippen molar-refractivity contribution in [3.8, 4) is 11.1 Å². The first-order chi connectivity index (χ1) is 15.4. The summed E-state index contributed by atoms with van der Waals surface area (Å²) in [6.45, 7) is 5.33. The highest BCUT2D eigenvalue weighted by Gasteiger charge is 2.26. The summed E-state index contributed by atoms with van der Waals surface area (Å²) < 4.78 is 13.5. The Bertz CT molecular complexity index is 1210. The molecule has 1 aliphatic carbocycles. The summed E-state index contributed by atoms with van der Waals surface area (Å²) in [5.74, 6) is -0.521. The molecule has 1 aromatic heterocycles. The number of aliphatic imine (C=N–C) groups is 1. The van der Waals surface area contributed by atoms with E-state index in [0.29, 0.717) is 5.92 Å². The number of rotatable bonds is 4. The lowest BCUT2D eigenvalue weighted by molar-refractivity contribution is -0.134. The van der Waals surface area contributed by atoms with Crippen LogP contribution in [-0.2, 0) is 4.79 Å². The van der Waals surface area contributed by atoms with Gasteiger partial charge in [-0.15, -0.1) is 0 Å². The Hall–Kier alpha value is -3.25.